The van der Waals surface area contributed by atoms with E-state index in [0.717, 1.165) is 0 Å². The first kappa shape index (κ1) is 20.9. The minimum Gasteiger partial charge on any atom is -0.463 e. The monoisotopic (exact) mass is 327 g/mol. The maximum Gasteiger partial charge on any atom is 0.346 e. The third-order valence-electron chi connectivity index (χ3n) is 3.02. The summed E-state index contributed by atoms with van der Waals surface area (Å²) in [5.41, 5.74) is 18.1. The second-order valence-electron chi connectivity index (χ2n) is 5.63. The molecule has 0 saturated carbocycles. The molecule has 0 spiro atoms. The molecular weight excluding hydrogens is 302 g/mol. The number of amides is 1. The number of carbonyl (C=O) groups excluding carboxylic acids is 3. The lowest BCUT2D eigenvalue weighted by Gasteiger charge is -2.29. The molecule has 0 aliphatic rings. The normalized spacial score (nSPS) is 14.3. The molecule has 0 bridgehead atoms. The molecule has 0 aromatic carbocycles. The summed E-state index contributed by atoms with van der Waals surface area (Å²) in [4.78, 5) is 38.1. The predicted molar refractivity (Wildman–Crippen MR) is 83.0 cm³/mol. The Morgan fingerprint density at radius 1 is 1.39 bits per heavy atom. The molecule has 0 aliphatic heterocycles. The topological polar surface area (TPSA) is 161 Å². The molecule has 130 valence electrons. The van der Waals surface area contributed by atoms with Gasteiger partial charge in [-0.3, -0.25) is 15.3 Å². The van der Waals surface area contributed by atoms with Crippen LogP contribution in [0.4, 0.5) is 0 Å². The van der Waals surface area contributed by atoms with Gasteiger partial charge in [-0.25, -0.2) is 4.79 Å². The Morgan fingerprint density at radius 2 is 2.00 bits per heavy atom. The number of nitrogens with zero attached hydrogens (tertiary/aromatic N) is 2. The van der Waals surface area contributed by atoms with Crippen molar-refractivity contribution in [3.8, 4) is 0 Å². The molecule has 0 aromatic heterocycles. The van der Waals surface area contributed by atoms with Crippen LogP contribution < -0.4 is 16.8 Å². The largest absolute Gasteiger partial charge is 0.463 e. The number of ketones is 1. The van der Waals surface area contributed by atoms with Crippen molar-refractivity contribution < 1.29 is 23.9 Å². The van der Waals surface area contributed by atoms with Gasteiger partial charge in [0.2, 0.25) is 11.7 Å². The van der Waals surface area contributed by atoms with E-state index in [0.29, 0.717) is 12.6 Å². The Labute approximate surface area is 135 Å². The first-order chi connectivity index (χ1) is 10.7. The molecule has 0 radical (unpaired) electrons. The van der Waals surface area contributed by atoms with Crippen LogP contribution in [-0.2, 0) is 19.1 Å². The van der Waals surface area contributed by atoms with Gasteiger partial charge in [0.25, 0.3) is 0 Å². The van der Waals surface area contributed by atoms with Crippen LogP contribution >= 0.6 is 0 Å². The molecule has 0 fully saturated rings. The second-order valence-corrected chi connectivity index (χ2v) is 5.63. The summed E-state index contributed by atoms with van der Waals surface area (Å²) in [6.45, 7) is 5.47. The summed E-state index contributed by atoms with van der Waals surface area (Å²) in [5.74, 6) is -1.82. The van der Waals surface area contributed by atoms with E-state index in [1.165, 1.54) is 0 Å². The summed E-state index contributed by atoms with van der Waals surface area (Å²) in [7, 11) is 0. The molecule has 1 unspecified atom stereocenters. The number of hydrogen-bond acceptors (Lipinski definition) is 6. The van der Waals surface area contributed by atoms with E-state index in [1.54, 1.807) is 6.92 Å². The van der Waals surface area contributed by atoms with Gasteiger partial charge < -0.3 is 21.3 Å². The van der Waals surface area contributed by atoms with Crippen LogP contribution in [0.1, 0.15) is 40.0 Å². The van der Waals surface area contributed by atoms with Gasteiger partial charge in [-0.05, 0) is 19.3 Å². The van der Waals surface area contributed by atoms with Crippen LogP contribution in [0.5, 0.6) is 0 Å². The second kappa shape index (κ2) is 9.83. The van der Waals surface area contributed by atoms with Gasteiger partial charge in [-0.1, -0.05) is 13.8 Å². The minimum absolute atomic E-state index is 0.0672. The zero-order chi connectivity index (χ0) is 18.0. The van der Waals surface area contributed by atoms with Crippen LogP contribution in [0, 0.1) is 5.92 Å². The molecule has 1 amide bonds. The Morgan fingerprint density at radius 3 is 2.48 bits per heavy atom. The lowest BCUT2D eigenvalue weighted by Crippen LogP contribution is -2.64. The van der Waals surface area contributed by atoms with Crippen molar-refractivity contribution in [2.24, 2.45) is 17.4 Å². The van der Waals surface area contributed by atoms with Crippen molar-refractivity contribution in [2.45, 2.75) is 51.7 Å². The van der Waals surface area contributed by atoms with Crippen LogP contribution in [0.3, 0.4) is 0 Å². The summed E-state index contributed by atoms with van der Waals surface area (Å²) >= 11 is 0. The third kappa shape index (κ3) is 7.64. The molecule has 0 rings (SSSR count). The highest BCUT2D eigenvalue weighted by atomic mass is 16.5. The standard InChI is InChI=1S/C14H25N5O4/c1-4-23-13(22)14(16,6-5-10(20)8-18-17)19-12(21)11(15)7-9(2)3/h8-9,11H,4-7,15-16H2,1-3H3,(H,19,21)/t11?,14-/m1/s1. The Balaban J connectivity index is 5.05. The lowest BCUT2D eigenvalue weighted by atomic mass is 10.00. The summed E-state index contributed by atoms with van der Waals surface area (Å²) in [5, 5.41) is 2.36. The van der Waals surface area contributed by atoms with E-state index >= 15 is 0 Å². The summed E-state index contributed by atoms with van der Waals surface area (Å²) in [6.07, 6.45) is 0.689. The highest BCUT2D eigenvalue weighted by Gasteiger charge is 2.38. The lowest BCUT2D eigenvalue weighted by molar-refractivity contribution is -0.154. The molecule has 0 aromatic rings. The number of nitrogens with one attached hydrogen (secondary N) is 1. The molecule has 23 heavy (non-hydrogen) atoms. The summed E-state index contributed by atoms with van der Waals surface area (Å²) in [6, 6.07) is -0.831. The zero-order valence-electron chi connectivity index (χ0n) is 13.7. The Hall–Kier alpha value is -2.09. The maximum atomic E-state index is 12.1. The van der Waals surface area contributed by atoms with Crippen molar-refractivity contribution in [1.82, 2.24) is 5.32 Å². The zero-order valence-corrected chi connectivity index (χ0v) is 13.7. The number of Topliss-reactive ketones (excluding diaryl/α,β-unsaturated/α-hetero) is 1. The number of rotatable bonds is 10. The van der Waals surface area contributed by atoms with Gasteiger partial charge in [0.1, 0.15) is 0 Å². The molecule has 9 heteroatoms. The van der Waals surface area contributed by atoms with Crippen LogP contribution in [-0.4, -0.2) is 47.0 Å². The van der Waals surface area contributed by atoms with Gasteiger partial charge >= 0.3 is 12.2 Å². The van der Waals surface area contributed by atoms with Gasteiger partial charge in [0.15, 0.2) is 5.66 Å². The minimum atomic E-state index is -1.87. The van der Waals surface area contributed by atoms with Gasteiger partial charge in [-0.15, -0.1) is 0 Å². The van der Waals surface area contributed by atoms with Crippen molar-refractivity contribution in [3.63, 3.8) is 0 Å². The highest BCUT2D eigenvalue weighted by Crippen LogP contribution is 2.11. The molecule has 5 N–H and O–H groups in total. The first-order valence-corrected chi connectivity index (χ1v) is 7.40. The smallest absolute Gasteiger partial charge is 0.346 e. The molecule has 0 heterocycles. The fourth-order valence-corrected chi connectivity index (χ4v) is 1.85. The quantitative estimate of drug-likeness (QED) is 0.159. The molecule has 0 saturated heterocycles. The van der Waals surface area contributed by atoms with Gasteiger partial charge in [-0.2, -0.15) is 4.79 Å². The van der Waals surface area contributed by atoms with E-state index in [1.807, 2.05) is 13.8 Å². The maximum absolute atomic E-state index is 12.1. The van der Waals surface area contributed by atoms with Crippen molar-refractivity contribution in [3.05, 3.63) is 5.53 Å². The molecular formula is C14H25N5O4. The number of hydrogen-bond donors (Lipinski definition) is 3. The van der Waals surface area contributed by atoms with Crippen LogP contribution in [0.2, 0.25) is 0 Å². The third-order valence-corrected chi connectivity index (χ3v) is 3.02. The van der Waals surface area contributed by atoms with Crippen molar-refractivity contribution in [1.29, 1.82) is 0 Å². The summed E-state index contributed by atoms with van der Waals surface area (Å²) < 4.78 is 4.85. The molecule has 2 atom stereocenters. The molecule has 0 aliphatic carbocycles. The predicted octanol–water partition coefficient (Wildman–Crippen LogP) is -0.656. The van der Waals surface area contributed by atoms with Gasteiger partial charge in [0.05, 0.1) is 12.6 Å². The Bertz CT molecular complexity index is 488. The van der Waals surface area contributed by atoms with Crippen LogP contribution in [0.25, 0.3) is 5.53 Å². The van der Waals surface area contributed by atoms with E-state index in [-0.39, 0.29) is 25.4 Å². The van der Waals surface area contributed by atoms with E-state index < -0.39 is 29.4 Å². The Kier molecular flexibility index (Phi) is 8.94. The average molecular weight is 327 g/mol. The van der Waals surface area contributed by atoms with Crippen molar-refractivity contribution >= 4 is 23.9 Å². The number of carbonyl (C=O) groups is 3. The first-order valence-electron chi connectivity index (χ1n) is 7.40. The average Bonchev–Trinajstić information content (AvgIpc) is 2.45. The van der Waals surface area contributed by atoms with E-state index in [9.17, 15) is 14.4 Å². The SMILES string of the molecule is CCOC(=O)[C@@](N)(CCC(=O)C=[N+]=[N-])NC(=O)C(N)CC(C)C. The van der Waals surface area contributed by atoms with Gasteiger partial charge in [0, 0.05) is 12.8 Å². The fraction of sp³-hybridized carbons (Fsp3) is 0.714. The van der Waals surface area contributed by atoms with E-state index in [2.05, 4.69) is 10.1 Å². The highest BCUT2D eigenvalue weighted by molar-refractivity contribution is 6.25. The molecule has 9 nitrogen and oxygen atoms in total. The number of ether oxygens (including phenoxy) is 1. The van der Waals surface area contributed by atoms with Crippen molar-refractivity contribution in [2.75, 3.05) is 6.61 Å². The van der Waals surface area contributed by atoms with E-state index in [4.69, 9.17) is 21.7 Å². The van der Waals surface area contributed by atoms with Crippen LogP contribution in [0.15, 0.2) is 0 Å². The fourth-order valence-electron chi connectivity index (χ4n) is 1.85. The number of nitrogens with two attached hydrogens (primary N) is 2. The number of esters is 1.